The smallest absolute Gasteiger partial charge is 0.236 e. The Morgan fingerprint density at radius 1 is 1.32 bits per heavy atom. The molecular formula is C14H18N3OP. The molecular weight excluding hydrogens is 257 g/mol. The molecule has 2 atom stereocenters. The van der Waals surface area contributed by atoms with Gasteiger partial charge in [-0.05, 0) is 37.1 Å². The first kappa shape index (κ1) is 12.8. The van der Waals surface area contributed by atoms with Crippen LogP contribution in [0.15, 0.2) is 28.7 Å². The van der Waals surface area contributed by atoms with Gasteiger partial charge in [-0.2, -0.15) is 0 Å². The third kappa shape index (κ3) is 2.31. The number of nitrogens with two attached hydrogens (primary N) is 1. The molecule has 5 heteroatoms. The van der Waals surface area contributed by atoms with E-state index < -0.39 is 5.54 Å². The highest BCUT2D eigenvalue weighted by atomic mass is 31.0. The largest absolute Gasteiger partial charge is 0.423 e. The van der Waals surface area contributed by atoms with E-state index in [0.29, 0.717) is 23.9 Å². The number of hydrogen-bond donors (Lipinski definition) is 1. The Kier molecular flexibility index (Phi) is 3.15. The van der Waals surface area contributed by atoms with Crippen LogP contribution in [0.2, 0.25) is 0 Å². The number of rotatable bonds is 3. The average molecular weight is 275 g/mol. The molecule has 1 heterocycles. The summed E-state index contributed by atoms with van der Waals surface area (Å²) in [6.07, 6.45) is 2.64. The molecule has 2 N–H and O–H groups in total. The van der Waals surface area contributed by atoms with E-state index in [0.717, 1.165) is 12.8 Å². The minimum atomic E-state index is -0.568. The molecule has 1 aliphatic rings. The Bertz CT molecular complexity index is 569. The van der Waals surface area contributed by atoms with Gasteiger partial charge in [-0.25, -0.2) is 0 Å². The van der Waals surface area contributed by atoms with Crippen LogP contribution in [0, 0.1) is 0 Å². The van der Waals surface area contributed by atoms with Crippen LogP contribution in [0.5, 0.6) is 0 Å². The second-order valence-corrected chi connectivity index (χ2v) is 5.85. The van der Waals surface area contributed by atoms with Gasteiger partial charge in [-0.1, -0.05) is 24.3 Å². The highest BCUT2D eigenvalue weighted by Crippen LogP contribution is 2.33. The predicted molar refractivity (Wildman–Crippen MR) is 77.0 cm³/mol. The molecule has 100 valence electrons. The maximum absolute atomic E-state index is 6.12. The number of aromatic nitrogens is 2. The first-order valence-electron chi connectivity index (χ1n) is 6.50. The van der Waals surface area contributed by atoms with Gasteiger partial charge in [0.2, 0.25) is 11.8 Å². The van der Waals surface area contributed by atoms with E-state index in [-0.39, 0.29) is 0 Å². The van der Waals surface area contributed by atoms with E-state index in [1.165, 1.54) is 11.1 Å². The van der Waals surface area contributed by atoms with Crippen LogP contribution in [-0.2, 0) is 18.4 Å². The lowest BCUT2D eigenvalue weighted by molar-refractivity contribution is 0.350. The Morgan fingerprint density at radius 2 is 1.95 bits per heavy atom. The van der Waals surface area contributed by atoms with Gasteiger partial charge in [-0.3, -0.25) is 0 Å². The molecule has 0 amide bonds. The fourth-order valence-electron chi connectivity index (χ4n) is 2.45. The van der Waals surface area contributed by atoms with Crippen molar-refractivity contribution in [3.63, 3.8) is 0 Å². The summed E-state index contributed by atoms with van der Waals surface area (Å²) in [6.45, 7) is 1.90. The SMILES string of the molecule is C[C@@](N)(CP)c1nnc(C2Cc3ccccc3C2)o1. The lowest BCUT2D eigenvalue weighted by Gasteiger charge is -2.16. The molecule has 0 bridgehead atoms. The topological polar surface area (TPSA) is 64.9 Å². The van der Waals surface area contributed by atoms with Crippen molar-refractivity contribution < 1.29 is 4.42 Å². The van der Waals surface area contributed by atoms with Crippen LogP contribution < -0.4 is 5.73 Å². The zero-order chi connectivity index (χ0) is 13.5. The molecule has 19 heavy (non-hydrogen) atoms. The molecule has 1 aliphatic carbocycles. The summed E-state index contributed by atoms with van der Waals surface area (Å²) >= 11 is 0. The molecule has 0 radical (unpaired) electrons. The Labute approximate surface area is 115 Å². The van der Waals surface area contributed by atoms with Gasteiger partial charge in [0.25, 0.3) is 0 Å². The van der Waals surface area contributed by atoms with Crippen LogP contribution in [0.4, 0.5) is 0 Å². The Balaban J connectivity index is 1.83. The molecule has 1 aromatic heterocycles. The number of benzene rings is 1. The number of hydrogen-bond acceptors (Lipinski definition) is 4. The molecule has 0 spiro atoms. The van der Waals surface area contributed by atoms with Crippen LogP contribution >= 0.6 is 9.24 Å². The van der Waals surface area contributed by atoms with Crippen LogP contribution in [0.1, 0.15) is 35.7 Å². The maximum atomic E-state index is 6.12. The first-order valence-corrected chi connectivity index (χ1v) is 7.31. The third-order valence-corrected chi connectivity index (χ3v) is 4.60. The van der Waals surface area contributed by atoms with E-state index in [2.05, 4.69) is 43.7 Å². The monoisotopic (exact) mass is 275 g/mol. The highest BCUT2D eigenvalue weighted by molar-refractivity contribution is 7.16. The summed E-state index contributed by atoms with van der Waals surface area (Å²) in [6, 6.07) is 8.49. The van der Waals surface area contributed by atoms with Crippen molar-refractivity contribution in [1.82, 2.24) is 10.2 Å². The summed E-state index contributed by atoms with van der Waals surface area (Å²) in [5.74, 6) is 1.52. The van der Waals surface area contributed by atoms with Gasteiger partial charge in [-0.15, -0.1) is 19.4 Å². The van der Waals surface area contributed by atoms with Crippen molar-refractivity contribution in [1.29, 1.82) is 0 Å². The first-order chi connectivity index (χ1) is 9.10. The average Bonchev–Trinajstić information content (AvgIpc) is 3.05. The van der Waals surface area contributed by atoms with E-state index >= 15 is 0 Å². The molecule has 0 aliphatic heterocycles. The van der Waals surface area contributed by atoms with Gasteiger partial charge < -0.3 is 10.2 Å². The van der Waals surface area contributed by atoms with Gasteiger partial charge in [0, 0.05) is 5.92 Å². The lowest BCUT2D eigenvalue weighted by Crippen LogP contribution is -2.35. The molecule has 0 saturated heterocycles. The number of nitrogens with zero attached hydrogens (tertiary/aromatic N) is 2. The van der Waals surface area contributed by atoms with Crippen molar-refractivity contribution in [3.8, 4) is 0 Å². The summed E-state index contributed by atoms with van der Waals surface area (Å²) in [5.41, 5.74) is 8.31. The van der Waals surface area contributed by atoms with E-state index in [1.807, 2.05) is 6.92 Å². The van der Waals surface area contributed by atoms with Gasteiger partial charge in [0.1, 0.15) is 0 Å². The van der Waals surface area contributed by atoms with E-state index in [1.54, 1.807) is 0 Å². The van der Waals surface area contributed by atoms with Crippen LogP contribution in [0.3, 0.4) is 0 Å². The zero-order valence-electron chi connectivity index (χ0n) is 11.0. The van der Waals surface area contributed by atoms with E-state index in [4.69, 9.17) is 10.2 Å². The molecule has 4 nitrogen and oxygen atoms in total. The van der Waals surface area contributed by atoms with Crippen molar-refractivity contribution in [2.75, 3.05) is 6.16 Å². The molecule has 1 unspecified atom stereocenters. The molecule has 2 aromatic rings. The third-order valence-electron chi connectivity index (χ3n) is 3.75. The standard InChI is InChI=1S/C14H18N3OP/c1-14(15,8-19)13-17-16-12(18-13)11-6-9-4-2-3-5-10(9)7-11/h2-5,11H,6-8,15,19H2,1H3/t14-/m1/s1. The highest BCUT2D eigenvalue weighted by Gasteiger charge is 2.31. The van der Waals surface area contributed by atoms with Crippen molar-refractivity contribution in [2.45, 2.75) is 31.2 Å². The van der Waals surface area contributed by atoms with Crippen LogP contribution in [0.25, 0.3) is 0 Å². The fraction of sp³-hybridized carbons (Fsp3) is 0.429. The summed E-state index contributed by atoms with van der Waals surface area (Å²) in [7, 11) is 2.62. The molecule has 3 rings (SSSR count). The summed E-state index contributed by atoms with van der Waals surface area (Å²) in [5, 5.41) is 8.30. The predicted octanol–water partition coefficient (Wildman–Crippen LogP) is 2.00. The van der Waals surface area contributed by atoms with Gasteiger partial charge in [0.05, 0.1) is 5.54 Å². The van der Waals surface area contributed by atoms with Crippen molar-refractivity contribution in [2.24, 2.45) is 5.73 Å². The zero-order valence-corrected chi connectivity index (χ0v) is 12.1. The quantitative estimate of drug-likeness (QED) is 0.870. The minimum Gasteiger partial charge on any atom is -0.423 e. The molecule has 1 aromatic carbocycles. The minimum absolute atomic E-state index is 0.291. The lowest BCUT2D eigenvalue weighted by atomic mass is 10.1. The molecule has 0 saturated carbocycles. The maximum Gasteiger partial charge on any atom is 0.236 e. The van der Waals surface area contributed by atoms with Gasteiger partial charge in [0.15, 0.2) is 0 Å². The van der Waals surface area contributed by atoms with Gasteiger partial charge >= 0.3 is 0 Å². The number of fused-ring (bicyclic) bond motifs is 1. The molecule has 0 fully saturated rings. The summed E-state index contributed by atoms with van der Waals surface area (Å²) < 4.78 is 5.79. The summed E-state index contributed by atoms with van der Waals surface area (Å²) in [4.78, 5) is 0. The fourth-order valence-corrected chi connectivity index (χ4v) is 2.63. The van der Waals surface area contributed by atoms with Crippen molar-refractivity contribution >= 4 is 9.24 Å². The van der Waals surface area contributed by atoms with Crippen LogP contribution in [-0.4, -0.2) is 16.4 Å². The second-order valence-electron chi connectivity index (χ2n) is 5.44. The van der Waals surface area contributed by atoms with Crippen molar-refractivity contribution in [3.05, 3.63) is 47.2 Å². The Hall–Kier alpha value is -1.25. The van der Waals surface area contributed by atoms with E-state index in [9.17, 15) is 0 Å². The normalized spacial score (nSPS) is 18.3. The Morgan fingerprint density at radius 3 is 2.53 bits per heavy atom. The second kappa shape index (κ2) is 4.69.